The quantitative estimate of drug-likeness (QED) is 0.0883. The molecule has 8 N–H and O–H groups in total. The number of phosphoric ester groups is 2. The summed E-state index contributed by atoms with van der Waals surface area (Å²) in [7, 11) is -17.1. The van der Waals surface area contributed by atoms with Crippen molar-refractivity contribution >= 4 is 34.6 Å². The molecule has 3 unspecified atom stereocenters. The van der Waals surface area contributed by atoms with Gasteiger partial charge in [-0.25, -0.2) is 28.5 Å². The zero-order valence-electron chi connectivity index (χ0n) is 22.7. The number of nitrogens with zero attached hydrogens (tertiary/aromatic N) is 4. The number of imidazole rings is 1. The van der Waals surface area contributed by atoms with Crippen LogP contribution in [-0.4, -0.2) is 103 Å². The summed E-state index contributed by atoms with van der Waals surface area (Å²) in [5.74, 6) is 0. The number of phosphoric acid groups is 3. The molecule has 254 valence electrons. The van der Waals surface area contributed by atoms with Gasteiger partial charge >= 0.3 is 29.2 Å². The smallest absolute Gasteiger partial charge is 0.390 e. The largest absolute Gasteiger partial charge is 0.490 e. The molecular formula is C19H25N6O18P3. The Bertz CT molecular complexity index is 1910. The van der Waals surface area contributed by atoms with Crippen LogP contribution in [0.1, 0.15) is 18.9 Å². The van der Waals surface area contributed by atoms with E-state index < -0.39 is 96.5 Å². The highest BCUT2D eigenvalue weighted by atomic mass is 31.3. The van der Waals surface area contributed by atoms with E-state index in [1.54, 1.807) is 0 Å². The zero-order valence-corrected chi connectivity index (χ0v) is 25.4. The lowest BCUT2D eigenvalue weighted by atomic mass is 10.1. The van der Waals surface area contributed by atoms with Crippen molar-refractivity contribution in [1.82, 2.24) is 29.1 Å². The highest BCUT2D eigenvalue weighted by molar-refractivity contribution is 7.66. The van der Waals surface area contributed by atoms with Gasteiger partial charge in [-0.2, -0.15) is 8.62 Å². The Labute approximate surface area is 253 Å². The minimum atomic E-state index is -5.92. The monoisotopic (exact) mass is 718 g/mol. The van der Waals surface area contributed by atoms with Crippen molar-refractivity contribution in [2.24, 2.45) is 0 Å². The molecule has 2 fully saturated rings. The standard InChI is InChI=1S/C19H25N6O18P3/c26-8-3-12(25-7-22-13-16(25)20-6-21-17(13)30)40-9(8)4-38-44(32,33)42-46(36,37)43-45(34,35)39-5-10-14(28)15(29)18(41-10)24-2-1-11(27)23-19(24)31/h1-2,6-10,12,14-15,18,26,28-29H,3-5H2,(H,32,33)(H,34,35)(H,36,37)(H,20,21,30)(H,23,27,31)/t8-,9+,10+,12-,14+,15+,18+/m0/s1. The maximum absolute atomic E-state index is 12.3. The van der Waals surface area contributed by atoms with Crippen molar-refractivity contribution in [3.05, 3.63) is 56.1 Å². The van der Waals surface area contributed by atoms with Crippen molar-refractivity contribution in [3.8, 4) is 0 Å². The lowest BCUT2D eigenvalue weighted by Crippen LogP contribution is -2.37. The Morgan fingerprint density at radius 2 is 1.54 bits per heavy atom. The fourth-order valence-corrected chi connectivity index (χ4v) is 8.01. The summed E-state index contributed by atoms with van der Waals surface area (Å²) in [4.78, 5) is 76.8. The van der Waals surface area contributed by atoms with Crippen LogP contribution < -0.4 is 16.8 Å². The van der Waals surface area contributed by atoms with Gasteiger partial charge in [-0.1, -0.05) is 0 Å². The molecule has 24 nitrogen and oxygen atoms in total. The minimum absolute atomic E-state index is 0.0196. The van der Waals surface area contributed by atoms with E-state index in [1.807, 2.05) is 4.98 Å². The van der Waals surface area contributed by atoms with Crippen LogP contribution in [0.2, 0.25) is 0 Å². The molecule has 0 aliphatic carbocycles. The molecule has 46 heavy (non-hydrogen) atoms. The highest BCUT2D eigenvalue weighted by Crippen LogP contribution is 2.67. The number of aromatic nitrogens is 6. The zero-order chi connectivity index (χ0) is 33.6. The summed E-state index contributed by atoms with van der Waals surface area (Å²) in [5, 5.41) is 30.7. The first-order chi connectivity index (χ1) is 21.5. The van der Waals surface area contributed by atoms with Gasteiger partial charge in [-0.05, 0) is 0 Å². The van der Waals surface area contributed by atoms with Crippen LogP contribution in [0.25, 0.3) is 11.2 Å². The highest BCUT2D eigenvalue weighted by Gasteiger charge is 2.47. The predicted octanol–water partition coefficient (Wildman–Crippen LogP) is -2.69. The second kappa shape index (κ2) is 13.0. The van der Waals surface area contributed by atoms with Gasteiger partial charge in [-0.3, -0.25) is 32.8 Å². The average molecular weight is 718 g/mol. The molecule has 2 saturated heterocycles. The predicted molar refractivity (Wildman–Crippen MR) is 143 cm³/mol. The number of H-pyrrole nitrogens is 2. The van der Waals surface area contributed by atoms with Crippen molar-refractivity contribution in [3.63, 3.8) is 0 Å². The third kappa shape index (κ3) is 7.68. The van der Waals surface area contributed by atoms with Gasteiger partial charge < -0.3 is 44.5 Å². The maximum atomic E-state index is 12.3. The Hall–Kier alpha value is -2.76. The molecule has 0 amide bonds. The van der Waals surface area contributed by atoms with E-state index in [9.17, 15) is 58.1 Å². The topological polar surface area (TPSA) is 346 Å². The van der Waals surface area contributed by atoms with Crippen LogP contribution in [0.5, 0.6) is 0 Å². The number of ether oxygens (including phenoxy) is 2. The third-order valence-corrected chi connectivity index (χ3v) is 10.8. The maximum Gasteiger partial charge on any atom is 0.490 e. The normalized spacial score (nSPS) is 30.6. The van der Waals surface area contributed by atoms with E-state index >= 15 is 0 Å². The molecule has 2 aliphatic rings. The van der Waals surface area contributed by atoms with E-state index in [0.29, 0.717) is 4.57 Å². The van der Waals surface area contributed by atoms with Crippen LogP contribution in [0.3, 0.4) is 0 Å². The Morgan fingerprint density at radius 3 is 2.20 bits per heavy atom. The van der Waals surface area contributed by atoms with Gasteiger partial charge in [0.2, 0.25) is 0 Å². The average Bonchev–Trinajstić information content (AvgIpc) is 3.62. The summed E-state index contributed by atoms with van der Waals surface area (Å²) < 4.78 is 66.8. The van der Waals surface area contributed by atoms with Crippen molar-refractivity contribution in [2.75, 3.05) is 13.2 Å². The van der Waals surface area contributed by atoms with Gasteiger partial charge in [0, 0.05) is 18.7 Å². The van der Waals surface area contributed by atoms with E-state index in [0.717, 1.165) is 18.6 Å². The van der Waals surface area contributed by atoms with E-state index in [4.69, 9.17) is 9.47 Å². The number of nitrogens with one attached hydrogen (secondary N) is 2. The summed E-state index contributed by atoms with van der Waals surface area (Å²) in [6.45, 7) is -2.00. The molecule has 0 spiro atoms. The number of aliphatic hydroxyl groups excluding tert-OH is 3. The van der Waals surface area contributed by atoms with Crippen molar-refractivity contribution in [1.29, 1.82) is 0 Å². The minimum Gasteiger partial charge on any atom is -0.390 e. The van der Waals surface area contributed by atoms with Crippen molar-refractivity contribution < 1.29 is 70.8 Å². The second-order valence-corrected chi connectivity index (χ2v) is 14.3. The molecule has 5 heterocycles. The summed E-state index contributed by atoms with van der Waals surface area (Å²) in [6, 6.07) is 0.913. The van der Waals surface area contributed by atoms with Crippen LogP contribution in [0, 0.1) is 0 Å². The first-order valence-electron chi connectivity index (χ1n) is 12.7. The van der Waals surface area contributed by atoms with Crippen LogP contribution in [-0.2, 0) is 40.8 Å². The Kier molecular flexibility index (Phi) is 9.80. The van der Waals surface area contributed by atoms with E-state index in [-0.39, 0.29) is 17.6 Å². The fraction of sp³-hybridized carbons (Fsp3) is 0.526. The Balaban J connectivity index is 1.13. The summed E-state index contributed by atoms with van der Waals surface area (Å²) in [6.07, 6.45) is -7.29. The molecule has 0 aromatic carbocycles. The number of hydrogen-bond acceptors (Lipinski definition) is 17. The molecular weight excluding hydrogens is 693 g/mol. The summed E-state index contributed by atoms with van der Waals surface area (Å²) >= 11 is 0. The van der Waals surface area contributed by atoms with Crippen LogP contribution in [0.4, 0.5) is 0 Å². The van der Waals surface area contributed by atoms with Gasteiger partial charge in [0.15, 0.2) is 17.4 Å². The molecule has 5 rings (SSSR count). The van der Waals surface area contributed by atoms with E-state index in [2.05, 4.69) is 32.6 Å². The number of hydrogen-bond donors (Lipinski definition) is 8. The molecule has 10 atom stereocenters. The molecule has 0 radical (unpaired) electrons. The molecule has 0 saturated carbocycles. The third-order valence-electron chi connectivity index (χ3n) is 6.56. The lowest BCUT2D eigenvalue weighted by molar-refractivity contribution is -0.0543. The molecule has 0 bridgehead atoms. The SMILES string of the molecule is O=c1ccn([C@@H]2O[C@H](COP(=O)(O)OP(=O)(O)OP(=O)(O)OC[C@H]3O[C@H](n4cnc5c(=O)[nH]cnc54)C[C@@H]3O)[C@@H](O)[C@H]2O)c(=O)[nH]1. The first-order valence-corrected chi connectivity index (χ1v) is 17.2. The van der Waals surface area contributed by atoms with Gasteiger partial charge in [0.1, 0.15) is 30.6 Å². The van der Waals surface area contributed by atoms with Gasteiger partial charge in [0.05, 0.1) is 32.0 Å². The second-order valence-electron chi connectivity index (χ2n) is 9.71. The molecule has 2 aliphatic heterocycles. The van der Waals surface area contributed by atoms with Crippen LogP contribution in [0.15, 0.2) is 39.3 Å². The lowest BCUT2D eigenvalue weighted by Gasteiger charge is -2.21. The molecule has 3 aromatic heterocycles. The van der Waals surface area contributed by atoms with Gasteiger partial charge in [-0.15, -0.1) is 0 Å². The molecule has 27 heteroatoms. The number of rotatable bonds is 12. The molecule has 3 aromatic rings. The van der Waals surface area contributed by atoms with Gasteiger partial charge in [0.25, 0.3) is 11.1 Å². The number of fused-ring (bicyclic) bond motifs is 1. The summed E-state index contributed by atoms with van der Waals surface area (Å²) in [5.41, 5.74) is -2.23. The first kappa shape index (κ1) is 34.6. The number of aliphatic hydroxyl groups is 3. The van der Waals surface area contributed by atoms with E-state index in [1.165, 1.54) is 10.9 Å². The number of aromatic amines is 2. The fourth-order valence-electron chi connectivity index (χ4n) is 4.49. The Morgan fingerprint density at radius 1 is 0.891 bits per heavy atom. The van der Waals surface area contributed by atoms with Crippen LogP contribution >= 0.6 is 23.5 Å². The van der Waals surface area contributed by atoms with Crippen molar-refractivity contribution in [2.45, 2.75) is 49.4 Å².